The Hall–Kier alpha value is -0.0200. The summed E-state index contributed by atoms with van der Waals surface area (Å²) in [4.78, 5) is 4.27. The minimum atomic E-state index is -0.782. The van der Waals surface area contributed by atoms with Gasteiger partial charge in [0.1, 0.15) is 0 Å². The Morgan fingerprint density at radius 2 is 2.36 bits per heavy atom. The van der Waals surface area contributed by atoms with Crippen molar-refractivity contribution in [1.29, 1.82) is 0 Å². The van der Waals surface area contributed by atoms with Gasteiger partial charge in [0.05, 0.1) is 5.04 Å². The molecule has 0 radical (unpaired) electrons. The SMILES string of the molecule is CCC1=N[C@@](O)(C(C)C)CS1. The molecule has 0 aliphatic carbocycles. The van der Waals surface area contributed by atoms with E-state index in [1.165, 1.54) is 0 Å². The Morgan fingerprint density at radius 1 is 1.73 bits per heavy atom. The molecule has 2 nitrogen and oxygen atoms in total. The summed E-state index contributed by atoms with van der Waals surface area (Å²) in [5, 5.41) is 10.9. The highest BCUT2D eigenvalue weighted by molar-refractivity contribution is 8.14. The largest absolute Gasteiger partial charge is 0.368 e. The van der Waals surface area contributed by atoms with Crippen molar-refractivity contribution in [2.24, 2.45) is 10.9 Å². The first-order valence-corrected chi connectivity index (χ1v) is 5.01. The third-order valence-electron chi connectivity index (χ3n) is 2.00. The molecule has 1 aliphatic heterocycles. The standard InChI is InChI=1S/C8H15NOS/c1-4-7-9-8(10,5-11-7)6(2)3/h6,10H,4-5H2,1-3H3/t8-/m0/s1. The first-order chi connectivity index (χ1) is 5.08. The minimum Gasteiger partial charge on any atom is -0.368 e. The van der Waals surface area contributed by atoms with Crippen LogP contribution >= 0.6 is 11.8 Å². The van der Waals surface area contributed by atoms with E-state index in [2.05, 4.69) is 11.9 Å². The molecule has 1 aliphatic rings. The van der Waals surface area contributed by atoms with Crippen LogP contribution in [0.2, 0.25) is 0 Å². The number of aliphatic hydroxyl groups is 1. The van der Waals surface area contributed by atoms with Crippen molar-refractivity contribution in [1.82, 2.24) is 0 Å². The summed E-state index contributed by atoms with van der Waals surface area (Å²) in [5.74, 6) is 0.951. The number of hydrogen-bond donors (Lipinski definition) is 1. The second-order valence-corrected chi connectivity index (χ2v) is 4.23. The number of thioether (sulfide) groups is 1. The lowest BCUT2D eigenvalue weighted by atomic mass is 10.0. The van der Waals surface area contributed by atoms with Gasteiger partial charge in [-0.25, -0.2) is 4.99 Å². The Balaban J connectivity index is 2.70. The van der Waals surface area contributed by atoms with Gasteiger partial charge in [0.15, 0.2) is 5.72 Å². The summed E-state index contributed by atoms with van der Waals surface area (Å²) in [7, 11) is 0. The van der Waals surface area contributed by atoms with Crippen LogP contribution in [0.1, 0.15) is 27.2 Å². The summed E-state index contributed by atoms with van der Waals surface area (Å²) in [6.07, 6.45) is 0.944. The van der Waals surface area contributed by atoms with Crippen molar-refractivity contribution < 1.29 is 5.11 Å². The quantitative estimate of drug-likeness (QED) is 0.691. The van der Waals surface area contributed by atoms with E-state index < -0.39 is 5.72 Å². The predicted octanol–water partition coefficient (Wildman–Crippen LogP) is 1.89. The summed E-state index contributed by atoms with van der Waals surface area (Å²) < 4.78 is 0. The maximum Gasteiger partial charge on any atom is 0.168 e. The molecule has 0 aromatic rings. The molecule has 0 bridgehead atoms. The summed E-state index contributed by atoms with van der Waals surface area (Å²) >= 11 is 1.68. The molecule has 64 valence electrons. The van der Waals surface area contributed by atoms with Crippen molar-refractivity contribution in [2.75, 3.05) is 5.75 Å². The molecule has 1 rings (SSSR count). The maximum absolute atomic E-state index is 9.86. The van der Waals surface area contributed by atoms with E-state index >= 15 is 0 Å². The van der Waals surface area contributed by atoms with Crippen molar-refractivity contribution in [3.8, 4) is 0 Å². The summed E-state index contributed by atoms with van der Waals surface area (Å²) in [5.41, 5.74) is -0.782. The lowest BCUT2D eigenvalue weighted by Crippen LogP contribution is -2.32. The van der Waals surface area contributed by atoms with Gasteiger partial charge in [-0.1, -0.05) is 20.8 Å². The number of nitrogens with zero attached hydrogens (tertiary/aromatic N) is 1. The van der Waals surface area contributed by atoms with E-state index in [4.69, 9.17) is 0 Å². The van der Waals surface area contributed by atoms with E-state index in [-0.39, 0.29) is 5.92 Å². The normalized spacial score (nSPS) is 31.2. The van der Waals surface area contributed by atoms with Gasteiger partial charge in [0.25, 0.3) is 0 Å². The van der Waals surface area contributed by atoms with Crippen LogP contribution in [0.4, 0.5) is 0 Å². The molecule has 0 saturated carbocycles. The molecule has 1 N–H and O–H groups in total. The molecule has 0 amide bonds. The fraction of sp³-hybridized carbons (Fsp3) is 0.875. The van der Waals surface area contributed by atoms with E-state index in [0.29, 0.717) is 0 Å². The van der Waals surface area contributed by atoms with Crippen LogP contribution in [-0.2, 0) is 0 Å². The van der Waals surface area contributed by atoms with Gasteiger partial charge in [-0.3, -0.25) is 0 Å². The van der Waals surface area contributed by atoms with Crippen LogP contribution in [0.5, 0.6) is 0 Å². The van der Waals surface area contributed by atoms with Crippen LogP contribution < -0.4 is 0 Å². The van der Waals surface area contributed by atoms with Crippen LogP contribution in [-0.4, -0.2) is 21.6 Å². The highest BCUT2D eigenvalue weighted by Gasteiger charge is 2.35. The average Bonchev–Trinajstić information content (AvgIpc) is 2.33. The maximum atomic E-state index is 9.86. The highest BCUT2D eigenvalue weighted by atomic mass is 32.2. The van der Waals surface area contributed by atoms with Gasteiger partial charge in [0.2, 0.25) is 0 Å². The lowest BCUT2D eigenvalue weighted by Gasteiger charge is -2.22. The number of hydrogen-bond acceptors (Lipinski definition) is 3. The van der Waals surface area contributed by atoms with Crippen LogP contribution in [0.15, 0.2) is 4.99 Å². The lowest BCUT2D eigenvalue weighted by molar-refractivity contribution is 0.0302. The molecule has 0 spiro atoms. The van der Waals surface area contributed by atoms with Gasteiger partial charge >= 0.3 is 0 Å². The molecule has 0 aromatic heterocycles. The van der Waals surface area contributed by atoms with E-state index in [1.54, 1.807) is 11.8 Å². The van der Waals surface area contributed by atoms with Crippen molar-refractivity contribution in [2.45, 2.75) is 32.9 Å². The molecular weight excluding hydrogens is 158 g/mol. The Bertz CT molecular complexity index is 179. The third kappa shape index (κ3) is 1.76. The molecular formula is C8H15NOS. The van der Waals surface area contributed by atoms with E-state index in [9.17, 15) is 5.11 Å². The molecule has 0 fully saturated rings. The first kappa shape index (κ1) is 9.07. The van der Waals surface area contributed by atoms with Crippen LogP contribution in [0.25, 0.3) is 0 Å². The number of aliphatic imine (C=N–C) groups is 1. The van der Waals surface area contributed by atoms with Gasteiger partial charge in [-0.2, -0.15) is 0 Å². The van der Waals surface area contributed by atoms with Gasteiger partial charge in [-0.05, 0) is 6.42 Å². The second-order valence-electron chi connectivity index (χ2n) is 3.18. The Labute approximate surface area is 72.1 Å². The Kier molecular flexibility index (Phi) is 2.60. The monoisotopic (exact) mass is 173 g/mol. The average molecular weight is 173 g/mol. The van der Waals surface area contributed by atoms with Gasteiger partial charge < -0.3 is 5.11 Å². The fourth-order valence-corrected chi connectivity index (χ4v) is 2.15. The third-order valence-corrected chi connectivity index (χ3v) is 3.28. The van der Waals surface area contributed by atoms with Gasteiger partial charge in [-0.15, -0.1) is 11.8 Å². The summed E-state index contributed by atoms with van der Waals surface area (Å²) in [6, 6.07) is 0. The van der Waals surface area contributed by atoms with E-state index in [1.807, 2.05) is 13.8 Å². The van der Waals surface area contributed by atoms with Crippen LogP contribution in [0.3, 0.4) is 0 Å². The topological polar surface area (TPSA) is 32.6 Å². The van der Waals surface area contributed by atoms with Crippen molar-refractivity contribution in [3.63, 3.8) is 0 Å². The smallest absolute Gasteiger partial charge is 0.168 e. The van der Waals surface area contributed by atoms with Crippen LogP contribution in [0, 0.1) is 5.92 Å². The fourth-order valence-electron chi connectivity index (χ4n) is 0.947. The molecule has 1 heterocycles. The summed E-state index contributed by atoms with van der Waals surface area (Å²) in [6.45, 7) is 6.07. The van der Waals surface area contributed by atoms with Crippen molar-refractivity contribution in [3.05, 3.63) is 0 Å². The molecule has 0 aromatic carbocycles. The molecule has 0 saturated heterocycles. The molecule has 0 unspecified atom stereocenters. The minimum absolute atomic E-state index is 0.221. The second kappa shape index (κ2) is 3.15. The zero-order chi connectivity index (χ0) is 8.48. The van der Waals surface area contributed by atoms with E-state index in [0.717, 1.165) is 17.2 Å². The predicted molar refractivity (Wildman–Crippen MR) is 50.0 cm³/mol. The first-order valence-electron chi connectivity index (χ1n) is 4.02. The highest BCUT2D eigenvalue weighted by Crippen LogP contribution is 2.32. The Morgan fingerprint density at radius 3 is 2.64 bits per heavy atom. The molecule has 11 heavy (non-hydrogen) atoms. The molecule has 3 heteroatoms. The zero-order valence-corrected chi connectivity index (χ0v) is 8.11. The number of rotatable bonds is 2. The zero-order valence-electron chi connectivity index (χ0n) is 7.29. The molecule has 1 atom stereocenters. The van der Waals surface area contributed by atoms with Gasteiger partial charge in [0, 0.05) is 11.7 Å². The van der Waals surface area contributed by atoms with Crippen molar-refractivity contribution >= 4 is 16.8 Å².